The third kappa shape index (κ3) is 8.94. The SMILES string of the molecule is CC(=O)N[C@H]1[C@H]([C@H](O)[C@H](O)CNC(=O)c2cc(C)c3[nH]c(CO)cc3c2)O[C@@](CCN2CCOC[C@@]23CCN(C(=O)OC(C)(C)C)C3)(C(=O)O)C[C@@H]1O. The summed E-state index contributed by atoms with van der Waals surface area (Å²) >= 11 is 0. The van der Waals surface area contributed by atoms with E-state index in [9.17, 15) is 44.7 Å². The fraction of sp³-hybridized carbons (Fsp3) is 0.667. The topological polar surface area (TPSA) is 243 Å². The zero-order valence-corrected chi connectivity index (χ0v) is 30.9. The Hall–Kier alpha value is -3.84. The summed E-state index contributed by atoms with van der Waals surface area (Å²) in [4.78, 5) is 57.9. The number of aromatic amines is 1. The van der Waals surface area contributed by atoms with Crippen molar-refractivity contribution in [2.45, 2.75) is 108 Å². The van der Waals surface area contributed by atoms with Crippen LogP contribution in [-0.4, -0.2) is 157 Å². The van der Waals surface area contributed by atoms with Gasteiger partial charge < -0.3 is 60.3 Å². The van der Waals surface area contributed by atoms with Gasteiger partial charge in [0, 0.05) is 74.6 Å². The van der Waals surface area contributed by atoms with Crippen LogP contribution in [0.4, 0.5) is 4.79 Å². The first-order chi connectivity index (χ1) is 24.9. The number of carbonyl (C=O) groups is 4. The molecule has 3 aliphatic rings. The smallest absolute Gasteiger partial charge is 0.410 e. The molecule has 17 heteroatoms. The zero-order chi connectivity index (χ0) is 38.9. The minimum absolute atomic E-state index is 0.143. The summed E-state index contributed by atoms with van der Waals surface area (Å²) in [5.41, 5.74) is -0.981. The van der Waals surface area contributed by atoms with Crippen LogP contribution in [-0.2, 0) is 30.4 Å². The number of fused-ring (bicyclic) bond motifs is 1. The van der Waals surface area contributed by atoms with E-state index in [0.717, 1.165) is 11.1 Å². The Morgan fingerprint density at radius 2 is 1.89 bits per heavy atom. The van der Waals surface area contributed by atoms with Gasteiger partial charge in [-0.25, -0.2) is 9.59 Å². The first kappa shape index (κ1) is 40.3. The average Bonchev–Trinajstić information content (AvgIpc) is 3.71. The number of ether oxygens (including phenoxy) is 3. The average molecular weight is 748 g/mol. The number of aryl methyl sites for hydroxylation is 1. The van der Waals surface area contributed by atoms with Gasteiger partial charge in [-0.2, -0.15) is 0 Å². The number of aliphatic hydroxyl groups excluding tert-OH is 4. The van der Waals surface area contributed by atoms with Gasteiger partial charge in [0.25, 0.3) is 5.91 Å². The summed E-state index contributed by atoms with van der Waals surface area (Å²) in [5.74, 6) is -2.54. The highest BCUT2D eigenvalue weighted by Gasteiger charge is 2.55. The van der Waals surface area contributed by atoms with Crippen molar-refractivity contribution in [3.63, 3.8) is 0 Å². The van der Waals surface area contributed by atoms with E-state index in [2.05, 4.69) is 20.5 Å². The first-order valence-electron chi connectivity index (χ1n) is 17.9. The molecule has 3 aliphatic heterocycles. The highest BCUT2D eigenvalue weighted by Crippen LogP contribution is 2.38. The molecule has 5 rings (SSSR count). The number of aromatic nitrogens is 1. The Balaban J connectivity index is 1.30. The third-order valence-electron chi connectivity index (χ3n) is 10.4. The molecule has 0 saturated carbocycles. The van der Waals surface area contributed by atoms with Crippen LogP contribution in [0, 0.1) is 6.92 Å². The Bertz CT molecular complexity index is 1680. The minimum atomic E-state index is -2.04. The highest BCUT2D eigenvalue weighted by molar-refractivity contribution is 5.99. The second-order valence-electron chi connectivity index (χ2n) is 15.5. The number of carboxylic acid groups (broad SMARTS) is 1. The molecule has 294 valence electrons. The van der Waals surface area contributed by atoms with Crippen LogP contribution < -0.4 is 10.6 Å². The number of hydrogen-bond donors (Lipinski definition) is 8. The molecule has 1 aromatic carbocycles. The molecular weight excluding hydrogens is 694 g/mol. The normalized spacial score (nSPS) is 27.8. The van der Waals surface area contributed by atoms with E-state index >= 15 is 0 Å². The number of hydrogen-bond acceptors (Lipinski definition) is 12. The number of likely N-dealkylation sites (tertiary alicyclic amines) is 1. The molecule has 1 aromatic heterocycles. The maximum Gasteiger partial charge on any atom is 0.410 e. The Kier molecular flexibility index (Phi) is 12.1. The number of carbonyl (C=O) groups excluding carboxylic acids is 3. The maximum absolute atomic E-state index is 13.1. The third-order valence-corrected chi connectivity index (χ3v) is 10.4. The van der Waals surface area contributed by atoms with E-state index in [1.807, 2.05) is 0 Å². The molecule has 17 nitrogen and oxygen atoms in total. The number of H-pyrrole nitrogens is 1. The lowest BCUT2D eigenvalue weighted by molar-refractivity contribution is -0.231. The van der Waals surface area contributed by atoms with Gasteiger partial charge in [-0.3, -0.25) is 14.5 Å². The minimum Gasteiger partial charge on any atom is -0.479 e. The molecule has 0 aliphatic carbocycles. The van der Waals surface area contributed by atoms with Gasteiger partial charge >= 0.3 is 12.1 Å². The van der Waals surface area contributed by atoms with Crippen molar-refractivity contribution in [2.75, 3.05) is 45.9 Å². The van der Waals surface area contributed by atoms with Crippen molar-refractivity contribution in [3.05, 3.63) is 35.0 Å². The molecule has 8 N–H and O–H groups in total. The monoisotopic (exact) mass is 747 g/mol. The van der Waals surface area contributed by atoms with Gasteiger partial charge in [-0.1, -0.05) is 0 Å². The van der Waals surface area contributed by atoms with Crippen LogP contribution in [0.25, 0.3) is 10.9 Å². The summed E-state index contributed by atoms with van der Waals surface area (Å²) in [5, 5.41) is 59.7. The fourth-order valence-corrected chi connectivity index (χ4v) is 7.65. The molecule has 0 radical (unpaired) electrons. The van der Waals surface area contributed by atoms with E-state index < -0.39 is 84.0 Å². The predicted octanol–water partition coefficient (Wildman–Crippen LogP) is 0.0000200. The molecule has 3 fully saturated rings. The largest absolute Gasteiger partial charge is 0.479 e. The van der Waals surface area contributed by atoms with Gasteiger partial charge in [0.1, 0.15) is 17.8 Å². The lowest BCUT2D eigenvalue weighted by Gasteiger charge is -2.49. The molecule has 1 spiro atoms. The van der Waals surface area contributed by atoms with Crippen molar-refractivity contribution in [3.8, 4) is 0 Å². The highest BCUT2D eigenvalue weighted by atomic mass is 16.6. The van der Waals surface area contributed by atoms with Gasteiger partial charge in [-0.05, 0) is 57.9 Å². The number of carboxylic acids is 1. The maximum atomic E-state index is 13.1. The van der Waals surface area contributed by atoms with Crippen LogP contribution in [0.15, 0.2) is 18.2 Å². The van der Waals surface area contributed by atoms with Crippen molar-refractivity contribution < 1.29 is 58.9 Å². The quantitative estimate of drug-likeness (QED) is 0.151. The molecule has 0 unspecified atom stereocenters. The van der Waals surface area contributed by atoms with Crippen molar-refractivity contribution in [2.24, 2.45) is 0 Å². The molecule has 53 heavy (non-hydrogen) atoms. The van der Waals surface area contributed by atoms with Crippen molar-refractivity contribution in [1.29, 1.82) is 0 Å². The standard InChI is InChI=1S/C36H53N5O12/c1-20-12-23(13-22-14-24(17-42)39-27(20)22)31(47)37-16-26(45)29(46)30-28(38-21(2)43)25(44)15-36(52-30,32(48)49)7-9-41-10-11-51-19-35(41)6-8-40(18-35)33(50)53-34(3,4)5/h12-14,25-26,28-30,39,42,44-46H,6-11,15-19H2,1-5H3,(H,37,47)(H,38,43)(H,48,49)/t25-,26+,28+,29+,30+,35-,36+/m0/s1. The van der Waals surface area contributed by atoms with Crippen molar-refractivity contribution in [1.82, 2.24) is 25.4 Å². The second-order valence-corrected chi connectivity index (χ2v) is 15.5. The van der Waals surface area contributed by atoms with Gasteiger partial charge in [-0.15, -0.1) is 0 Å². The van der Waals surface area contributed by atoms with Crippen molar-refractivity contribution >= 4 is 34.8 Å². The van der Waals surface area contributed by atoms with E-state index in [4.69, 9.17) is 14.2 Å². The number of aliphatic carboxylic acids is 1. The van der Waals surface area contributed by atoms with E-state index in [1.54, 1.807) is 50.8 Å². The summed E-state index contributed by atoms with van der Waals surface area (Å²) in [6.45, 7) is 9.68. The lowest BCUT2D eigenvalue weighted by atomic mass is 9.81. The summed E-state index contributed by atoms with van der Waals surface area (Å²) in [6, 6.07) is 3.67. The number of morpholine rings is 1. The van der Waals surface area contributed by atoms with E-state index in [-0.39, 0.29) is 25.1 Å². The number of amides is 3. The molecular formula is C36H53N5O12. The first-order valence-corrected chi connectivity index (χ1v) is 17.9. The Morgan fingerprint density at radius 3 is 2.55 bits per heavy atom. The summed E-state index contributed by atoms with van der Waals surface area (Å²) in [7, 11) is 0. The second kappa shape index (κ2) is 15.9. The number of nitrogens with zero attached hydrogens (tertiary/aromatic N) is 2. The van der Waals surface area contributed by atoms with Crippen LogP contribution in [0.5, 0.6) is 0 Å². The van der Waals surface area contributed by atoms with E-state index in [0.29, 0.717) is 50.3 Å². The molecule has 2 aromatic rings. The summed E-state index contributed by atoms with van der Waals surface area (Å²) in [6.07, 6.45) is -7.10. The fourth-order valence-electron chi connectivity index (χ4n) is 7.65. The van der Waals surface area contributed by atoms with Crippen LogP contribution in [0.2, 0.25) is 0 Å². The molecule has 3 saturated heterocycles. The molecule has 7 atom stereocenters. The van der Waals surface area contributed by atoms with Gasteiger partial charge in [0.2, 0.25) is 5.91 Å². The van der Waals surface area contributed by atoms with Crippen LogP contribution in [0.1, 0.15) is 68.6 Å². The van der Waals surface area contributed by atoms with Crippen LogP contribution >= 0.6 is 0 Å². The van der Waals surface area contributed by atoms with Gasteiger partial charge in [0.15, 0.2) is 5.60 Å². The number of rotatable bonds is 11. The van der Waals surface area contributed by atoms with Gasteiger partial charge in [0.05, 0.1) is 43.6 Å². The number of benzene rings is 1. The Morgan fingerprint density at radius 1 is 1.15 bits per heavy atom. The summed E-state index contributed by atoms with van der Waals surface area (Å²) < 4.78 is 17.6. The van der Waals surface area contributed by atoms with Crippen LogP contribution in [0.3, 0.4) is 0 Å². The predicted molar refractivity (Wildman–Crippen MR) is 189 cm³/mol. The zero-order valence-electron chi connectivity index (χ0n) is 30.9. The molecule has 4 heterocycles. The Labute approximate surface area is 307 Å². The lowest BCUT2D eigenvalue weighted by Crippen LogP contribution is -2.68. The number of aliphatic hydroxyl groups is 4. The molecule has 3 amide bonds. The number of nitrogens with one attached hydrogen (secondary N) is 3. The van der Waals surface area contributed by atoms with E-state index in [1.165, 1.54) is 6.92 Å². The molecule has 0 bridgehead atoms.